The Morgan fingerprint density at radius 3 is 2.48 bits per heavy atom. The maximum absolute atomic E-state index is 14.1. The standard InChI is InChI=1S/C12H12BrClF2O4S/c1-6(2)3-4-20-12(17)9-8(15)5-7(13)11(10(9)16)21(14,18)19/h5-6H,3-4H2,1-2H3. The highest BCUT2D eigenvalue weighted by Crippen LogP contribution is 2.32. The highest BCUT2D eigenvalue weighted by atomic mass is 79.9. The van der Waals surface area contributed by atoms with Crippen molar-refractivity contribution in [2.24, 2.45) is 5.92 Å². The molecule has 0 saturated carbocycles. The summed E-state index contributed by atoms with van der Waals surface area (Å²) in [7, 11) is 0.577. The second-order valence-electron chi connectivity index (χ2n) is 4.61. The molecule has 0 aliphatic rings. The molecule has 0 atom stereocenters. The maximum atomic E-state index is 14.1. The van der Waals surface area contributed by atoms with Crippen molar-refractivity contribution in [2.75, 3.05) is 6.61 Å². The van der Waals surface area contributed by atoms with Gasteiger partial charge in [-0.15, -0.1) is 0 Å². The van der Waals surface area contributed by atoms with Crippen LogP contribution in [0.3, 0.4) is 0 Å². The highest BCUT2D eigenvalue weighted by Gasteiger charge is 2.30. The third kappa shape index (κ3) is 4.62. The Morgan fingerprint density at radius 2 is 2.00 bits per heavy atom. The molecule has 1 aromatic rings. The zero-order chi connectivity index (χ0) is 16.4. The van der Waals surface area contributed by atoms with E-state index in [1.807, 2.05) is 13.8 Å². The summed E-state index contributed by atoms with van der Waals surface area (Å²) in [6.45, 7) is 3.73. The summed E-state index contributed by atoms with van der Waals surface area (Å²) in [4.78, 5) is 10.7. The Morgan fingerprint density at radius 1 is 1.43 bits per heavy atom. The fourth-order valence-electron chi connectivity index (χ4n) is 1.44. The largest absolute Gasteiger partial charge is 0.462 e. The van der Waals surface area contributed by atoms with Crippen molar-refractivity contribution in [2.45, 2.75) is 25.2 Å². The quantitative estimate of drug-likeness (QED) is 0.551. The van der Waals surface area contributed by atoms with E-state index in [0.29, 0.717) is 12.5 Å². The molecule has 0 radical (unpaired) electrons. The molecular weight excluding hydrogens is 394 g/mol. The van der Waals surface area contributed by atoms with E-state index in [-0.39, 0.29) is 12.5 Å². The third-order valence-corrected chi connectivity index (χ3v) is 4.74. The summed E-state index contributed by atoms with van der Waals surface area (Å²) in [6.07, 6.45) is 0.506. The molecule has 0 bridgehead atoms. The summed E-state index contributed by atoms with van der Waals surface area (Å²) < 4.78 is 54.7. The zero-order valence-corrected chi connectivity index (χ0v) is 14.3. The van der Waals surface area contributed by atoms with Gasteiger partial charge >= 0.3 is 5.97 Å². The minimum absolute atomic E-state index is 0.0333. The monoisotopic (exact) mass is 404 g/mol. The lowest BCUT2D eigenvalue weighted by atomic mass is 10.1. The molecule has 0 fully saturated rings. The first kappa shape index (κ1) is 18.3. The molecule has 118 valence electrons. The van der Waals surface area contributed by atoms with Gasteiger partial charge in [-0.2, -0.15) is 0 Å². The van der Waals surface area contributed by atoms with Gasteiger partial charge in [0.2, 0.25) is 0 Å². The van der Waals surface area contributed by atoms with Crippen molar-refractivity contribution in [3.8, 4) is 0 Å². The van der Waals surface area contributed by atoms with Crippen LogP contribution in [0, 0.1) is 17.6 Å². The summed E-state index contributed by atoms with van der Waals surface area (Å²) in [5.41, 5.74) is -1.08. The van der Waals surface area contributed by atoms with E-state index < -0.39 is 41.6 Å². The minimum atomic E-state index is -4.49. The molecule has 0 aromatic heterocycles. The molecular formula is C12H12BrClF2O4S. The number of esters is 1. The SMILES string of the molecule is CC(C)CCOC(=O)c1c(F)cc(Br)c(S(=O)(=O)Cl)c1F. The average Bonchev–Trinajstić information content (AvgIpc) is 2.24. The van der Waals surface area contributed by atoms with Gasteiger partial charge in [0.15, 0.2) is 5.82 Å². The van der Waals surface area contributed by atoms with E-state index in [2.05, 4.69) is 15.9 Å². The molecule has 0 aliphatic carbocycles. The van der Waals surface area contributed by atoms with Crippen molar-refractivity contribution < 1.29 is 26.7 Å². The smallest absolute Gasteiger partial charge is 0.344 e. The lowest BCUT2D eigenvalue weighted by Gasteiger charge is -2.10. The predicted octanol–water partition coefficient (Wildman–Crippen LogP) is 3.86. The first-order valence-electron chi connectivity index (χ1n) is 5.85. The van der Waals surface area contributed by atoms with Gasteiger partial charge < -0.3 is 4.74 Å². The lowest BCUT2D eigenvalue weighted by Crippen LogP contribution is -2.14. The molecule has 9 heteroatoms. The number of rotatable bonds is 5. The Bertz CT molecular complexity index is 662. The van der Waals surface area contributed by atoms with E-state index in [9.17, 15) is 22.0 Å². The first-order chi connectivity index (χ1) is 9.55. The molecule has 0 spiro atoms. The fourth-order valence-corrected chi connectivity index (χ4v) is 3.80. The number of ether oxygens (including phenoxy) is 1. The zero-order valence-electron chi connectivity index (χ0n) is 11.1. The van der Waals surface area contributed by atoms with Gasteiger partial charge in [-0.25, -0.2) is 22.0 Å². The van der Waals surface area contributed by atoms with Crippen LogP contribution in [0.1, 0.15) is 30.6 Å². The molecule has 0 amide bonds. The Kier molecular flexibility index (Phi) is 6.12. The number of carbonyl (C=O) groups is 1. The van der Waals surface area contributed by atoms with Crippen LogP contribution in [0.15, 0.2) is 15.4 Å². The van der Waals surface area contributed by atoms with Crippen LogP contribution in [-0.2, 0) is 13.8 Å². The molecule has 0 N–H and O–H groups in total. The first-order valence-corrected chi connectivity index (χ1v) is 8.95. The van der Waals surface area contributed by atoms with Crippen LogP contribution in [0.4, 0.5) is 8.78 Å². The molecule has 4 nitrogen and oxygen atoms in total. The van der Waals surface area contributed by atoms with Crippen molar-refractivity contribution in [3.05, 3.63) is 27.7 Å². The third-order valence-electron chi connectivity index (χ3n) is 2.50. The van der Waals surface area contributed by atoms with Crippen molar-refractivity contribution in [3.63, 3.8) is 0 Å². The van der Waals surface area contributed by atoms with E-state index >= 15 is 0 Å². The maximum Gasteiger partial charge on any atom is 0.344 e. The normalized spacial score (nSPS) is 11.8. The Balaban J connectivity index is 3.22. The topological polar surface area (TPSA) is 60.4 Å². The number of hydrogen-bond donors (Lipinski definition) is 0. The van der Waals surface area contributed by atoms with Crippen LogP contribution < -0.4 is 0 Å². The molecule has 1 rings (SSSR count). The van der Waals surface area contributed by atoms with Gasteiger partial charge in [-0.05, 0) is 34.3 Å². The van der Waals surface area contributed by atoms with Crippen molar-refractivity contribution in [1.82, 2.24) is 0 Å². The number of hydrogen-bond acceptors (Lipinski definition) is 4. The summed E-state index contributed by atoms with van der Waals surface area (Å²) in [6, 6.07) is 0.650. The van der Waals surface area contributed by atoms with Crippen molar-refractivity contribution in [1.29, 1.82) is 0 Å². The molecule has 0 heterocycles. The molecule has 0 aliphatic heterocycles. The van der Waals surface area contributed by atoms with Gasteiger partial charge in [-0.3, -0.25) is 0 Å². The summed E-state index contributed by atoms with van der Waals surface area (Å²) >= 11 is 2.69. The van der Waals surface area contributed by atoms with Gasteiger partial charge in [0, 0.05) is 15.2 Å². The van der Waals surface area contributed by atoms with Crippen LogP contribution in [0.25, 0.3) is 0 Å². The molecule has 1 aromatic carbocycles. The van der Waals surface area contributed by atoms with Crippen LogP contribution >= 0.6 is 26.6 Å². The highest BCUT2D eigenvalue weighted by molar-refractivity contribution is 9.10. The Labute approximate surface area is 134 Å². The molecule has 0 unspecified atom stereocenters. The number of halogens is 4. The fraction of sp³-hybridized carbons (Fsp3) is 0.417. The average molecular weight is 406 g/mol. The Hall–Kier alpha value is -0.730. The van der Waals surface area contributed by atoms with E-state index in [4.69, 9.17) is 15.4 Å². The van der Waals surface area contributed by atoms with E-state index in [1.54, 1.807) is 0 Å². The molecule has 0 saturated heterocycles. The number of benzene rings is 1. The van der Waals surface area contributed by atoms with E-state index in [0.717, 1.165) is 0 Å². The van der Waals surface area contributed by atoms with Gasteiger partial charge in [0.05, 0.1) is 6.61 Å². The summed E-state index contributed by atoms with van der Waals surface area (Å²) in [5, 5.41) is 0. The second-order valence-corrected chi connectivity index (χ2v) is 7.97. The van der Waals surface area contributed by atoms with Gasteiger partial charge in [-0.1, -0.05) is 13.8 Å². The van der Waals surface area contributed by atoms with Crippen LogP contribution in [0.2, 0.25) is 0 Å². The second kappa shape index (κ2) is 7.02. The van der Waals surface area contributed by atoms with Gasteiger partial charge in [0.25, 0.3) is 9.05 Å². The summed E-state index contributed by atoms with van der Waals surface area (Å²) in [5.74, 6) is -3.86. The van der Waals surface area contributed by atoms with Crippen molar-refractivity contribution >= 4 is 41.6 Å². The predicted molar refractivity (Wildman–Crippen MR) is 76.8 cm³/mol. The minimum Gasteiger partial charge on any atom is -0.462 e. The van der Waals surface area contributed by atoms with Crippen LogP contribution in [0.5, 0.6) is 0 Å². The lowest BCUT2D eigenvalue weighted by molar-refractivity contribution is 0.0476. The van der Waals surface area contributed by atoms with E-state index in [1.165, 1.54) is 0 Å². The van der Waals surface area contributed by atoms with Crippen LogP contribution in [-0.4, -0.2) is 21.0 Å². The molecule has 21 heavy (non-hydrogen) atoms. The van der Waals surface area contributed by atoms with Gasteiger partial charge in [0.1, 0.15) is 16.3 Å². The number of carbonyl (C=O) groups excluding carboxylic acids is 1.